The molecule has 0 bridgehead atoms. The largest absolute Gasteiger partial charge is 0.354 e. The van der Waals surface area contributed by atoms with Crippen molar-refractivity contribution in [2.75, 3.05) is 13.1 Å². The second-order valence-corrected chi connectivity index (χ2v) is 8.90. The van der Waals surface area contributed by atoms with Gasteiger partial charge in [0.25, 0.3) is 11.1 Å². The predicted octanol–water partition coefficient (Wildman–Crippen LogP) is 4.58. The molecule has 0 spiro atoms. The molecule has 0 saturated carbocycles. The van der Waals surface area contributed by atoms with Crippen LogP contribution >= 0.6 is 35.0 Å². The van der Waals surface area contributed by atoms with Gasteiger partial charge in [-0.1, -0.05) is 50.0 Å². The second-order valence-electron chi connectivity index (χ2n) is 7.09. The lowest BCUT2D eigenvalue weighted by atomic mass is 9.92. The molecule has 0 aliphatic carbocycles. The number of halogens is 2. The van der Waals surface area contributed by atoms with Crippen LogP contribution in [0.1, 0.15) is 32.8 Å². The molecule has 1 aliphatic rings. The fourth-order valence-electron chi connectivity index (χ4n) is 2.30. The number of benzene rings is 1. The number of rotatable bonds is 5. The lowest BCUT2D eigenvalue weighted by molar-refractivity contribution is -0.125. The summed E-state index contributed by atoms with van der Waals surface area (Å²) in [7, 11) is 0. The van der Waals surface area contributed by atoms with Gasteiger partial charge in [-0.3, -0.25) is 19.3 Å². The average molecular weight is 415 g/mol. The van der Waals surface area contributed by atoms with E-state index in [1.807, 2.05) is 20.8 Å². The first-order valence-corrected chi connectivity index (χ1v) is 9.61. The second kappa shape index (κ2) is 8.46. The van der Waals surface area contributed by atoms with Gasteiger partial charge in [-0.05, 0) is 40.9 Å². The topological polar surface area (TPSA) is 66.5 Å². The fraction of sp³-hybridized carbons (Fsp3) is 0.389. The molecule has 8 heteroatoms. The van der Waals surface area contributed by atoms with Gasteiger partial charge in [0, 0.05) is 19.5 Å². The Morgan fingerprint density at radius 1 is 1.23 bits per heavy atom. The highest BCUT2D eigenvalue weighted by molar-refractivity contribution is 8.18. The van der Waals surface area contributed by atoms with Crippen LogP contribution < -0.4 is 5.32 Å². The minimum atomic E-state index is -0.379. The average Bonchev–Trinajstić information content (AvgIpc) is 2.76. The molecule has 2 rings (SSSR count). The molecule has 3 amide bonds. The Kier molecular flexibility index (Phi) is 6.77. The zero-order chi connectivity index (χ0) is 19.5. The quantitative estimate of drug-likeness (QED) is 0.715. The summed E-state index contributed by atoms with van der Waals surface area (Å²) >= 11 is 12.7. The van der Waals surface area contributed by atoms with Crippen molar-refractivity contribution in [3.8, 4) is 0 Å². The molecule has 1 heterocycles. The lowest BCUT2D eigenvalue weighted by Gasteiger charge is -2.18. The Balaban J connectivity index is 1.97. The first kappa shape index (κ1) is 20.8. The van der Waals surface area contributed by atoms with Gasteiger partial charge >= 0.3 is 0 Å². The first-order valence-electron chi connectivity index (χ1n) is 8.04. The third-order valence-electron chi connectivity index (χ3n) is 3.46. The molecule has 0 radical (unpaired) electrons. The van der Waals surface area contributed by atoms with Crippen molar-refractivity contribution in [2.45, 2.75) is 27.2 Å². The van der Waals surface area contributed by atoms with Crippen molar-refractivity contribution >= 4 is 58.1 Å². The number of nitrogens with one attached hydrogen (secondary N) is 1. The Morgan fingerprint density at radius 2 is 1.92 bits per heavy atom. The molecule has 5 nitrogen and oxygen atoms in total. The highest BCUT2D eigenvalue weighted by Crippen LogP contribution is 2.33. The van der Waals surface area contributed by atoms with Gasteiger partial charge in [-0.2, -0.15) is 0 Å². The van der Waals surface area contributed by atoms with Crippen LogP contribution in [0.15, 0.2) is 23.1 Å². The highest BCUT2D eigenvalue weighted by atomic mass is 35.5. The molecule has 140 valence electrons. The summed E-state index contributed by atoms with van der Waals surface area (Å²) in [6.07, 6.45) is 1.98. The van der Waals surface area contributed by atoms with Gasteiger partial charge in [-0.15, -0.1) is 0 Å². The Bertz CT molecular complexity index is 772. The van der Waals surface area contributed by atoms with Crippen LogP contribution in [0.3, 0.4) is 0 Å². The van der Waals surface area contributed by atoms with E-state index in [-0.39, 0.29) is 35.6 Å². The summed E-state index contributed by atoms with van der Waals surface area (Å²) in [5.74, 6) is -0.480. The number of hydrogen-bond acceptors (Lipinski definition) is 4. The predicted molar refractivity (Wildman–Crippen MR) is 106 cm³/mol. The van der Waals surface area contributed by atoms with Gasteiger partial charge in [-0.25, -0.2) is 0 Å². The summed E-state index contributed by atoms with van der Waals surface area (Å²) in [5, 5.41) is 3.18. The normalized spacial score (nSPS) is 16.5. The standard InChI is InChI=1S/C18H20Cl2N2O3S/c1-18(2,3)10-15(23)21-6-7-22-16(24)14(26-17(22)25)9-11-4-5-12(19)13(20)8-11/h4-5,8-9H,6-7,10H2,1-3H3,(H,21,23)/b14-9-. The monoisotopic (exact) mass is 414 g/mol. The van der Waals surface area contributed by atoms with Crippen molar-refractivity contribution in [2.24, 2.45) is 5.41 Å². The molecule has 1 aromatic rings. The van der Waals surface area contributed by atoms with Gasteiger partial charge < -0.3 is 5.32 Å². The number of hydrogen-bond donors (Lipinski definition) is 1. The maximum Gasteiger partial charge on any atom is 0.293 e. The zero-order valence-electron chi connectivity index (χ0n) is 14.8. The summed E-state index contributed by atoms with van der Waals surface area (Å²) in [6.45, 7) is 6.27. The Labute approximate surface area is 167 Å². The first-order chi connectivity index (χ1) is 12.1. The smallest absolute Gasteiger partial charge is 0.293 e. The maximum atomic E-state index is 12.4. The van der Waals surface area contributed by atoms with Crippen molar-refractivity contribution in [1.82, 2.24) is 10.2 Å². The van der Waals surface area contributed by atoms with Crippen LogP contribution in [0.4, 0.5) is 4.79 Å². The molecule has 1 N–H and O–H groups in total. The molecule has 0 unspecified atom stereocenters. The molecular formula is C18H20Cl2N2O3S. The number of carbonyl (C=O) groups excluding carboxylic acids is 3. The van der Waals surface area contributed by atoms with Crippen molar-refractivity contribution in [1.29, 1.82) is 0 Å². The van der Waals surface area contributed by atoms with Crippen LogP contribution in [-0.2, 0) is 9.59 Å². The van der Waals surface area contributed by atoms with Gasteiger partial charge in [0.05, 0.1) is 15.0 Å². The minimum Gasteiger partial charge on any atom is -0.354 e. The summed E-state index contributed by atoms with van der Waals surface area (Å²) in [5.41, 5.74) is 0.568. The maximum absolute atomic E-state index is 12.4. The molecule has 1 aliphatic heterocycles. The van der Waals surface area contributed by atoms with E-state index in [2.05, 4.69) is 5.32 Å². The summed E-state index contributed by atoms with van der Waals surface area (Å²) < 4.78 is 0. The molecular weight excluding hydrogens is 395 g/mol. The summed E-state index contributed by atoms with van der Waals surface area (Å²) in [4.78, 5) is 37.8. The van der Waals surface area contributed by atoms with E-state index in [1.165, 1.54) is 0 Å². The van der Waals surface area contributed by atoms with Crippen molar-refractivity contribution in [3.05, 3.63) is 38.7 Å². The third kappa shape index (κ3) is 5.76. The van der Waals surface area contributed by atoms with Crippen LogP contribution in [-0.4, -0.2) is 35.0 Å². The number of thioether (sulfide) groups is 1. The number of carbonyl (C=O) groups is 3. The molecule has 1 aromatic carbocycles. The van der Waals surface area contributed by atoms with E-state index < -0.39 is 0 Å². The minimum absolute atomic E-state index is 0.101. The zero-order valence-corrected chi connectivity index (χ0v) is 17.1. The lowest BCUT2D eigenvalue weighted by Crippen LogP contribution is -2.38. The van der Waals surface area contributed by atoms with E-state index in [1.54, 1.807) is 24.3 Å². The SMILES string of the molecule is CC(C)(C)CC(=O)NCCN1C(=O)S/C(=C\c2ccc(Cl)c(Cl)c2)C1=O. The third-order valence-corrected chi connectivity index (χ3v) is 5.11. The summed E-state index contributed by atoms with van der Waals surface area (Å²) in [6, 6.07) is 4.98. The number of nitrogens with zero attached hydrogens (tertiary/aromatic N) is 1. The van der Waals surface area contributed by atoms with Gasteiger partial charge in [0.1, 0.15) is 0 Å². The molecule has 1 fully saturated rings. The number of amides is 3. The van der Waals surface area contributed by atoms with Gasteiger partial charge in [0.15, 0.2) is 0 Å². The molecule has 0 atom stereocenters. The number of imide groups is 1. The van der Waals surface area contributed by atoms with Crippen molar-refractivity contribution in [3.63, 3.8) is 0 Å². The Morgan fingerprint density at radius 3 is 2.54 bits per heavy atom. The van der Waals surface area contributed by atoms with Crippen molar-refractivity contribution < 1.29 is 14.4 Å². The van der Waals surface area contributed by atoms with Crippen LogP contribution in [0, 0.1) is 5.41 Å². The van der Waals surface area contributed by atoms with E-state index in [4.69, 9.17) is 23.2 Å². The van der Waals surface area contributed by atoms with Crippen LogP contribution in [0.25, 0.3) is 6.08 Å². The molecule has 26 heavy (non-hydrogen) atoms. The molecule has 0 aromatic heterocycles. The fourth-order valence-corrected chi connectivity index (χ4v) is 3.47. The van der Waals surface area contributed by atoms with E-state index >= 15 is 0 Å². The highest BCUT2D eigenvalue weighted by Gasteiger charge is 2.34. The van der Waals surface area contributed by atoms with E-state index in [9.17, 15) is 14.4 Å². The molecule has 1 saturated heterocycles. The van der Waals surface area contributed by atoms with Crippen LogP contribution in [0.5, 0.6) is 0 Å². The van der Waals surface area contributed by atoms with Crippen LogP contribution in [0.2, 0.25) is 10.0 Å². The van der Waals surface area contributed by atoms with Gasteiger partial charge in [0.2, 0.25) is 5.91 Å². The van der Waals surface area contributed by atoms with E-state index in [0.29, 0.717) is 26.9 Å². The van der Waals surface area contributed by atoms with E-state index in [0.717, 1.165) is 16.7 Å². The Hall–Kier alpha value is -1.50.